The number of rotatable bonds is 4. The predicted octanol–water partition coefficient (Wildman–Crippen LogP) is 4.31. The lowest BCUT2D eigenvalue weighted by atomic mass is 9.62. The third kappa shape index (κ3) is 3.54. The van der Waals surface area contributed by atoms with E-state index in [1.807, 2.05) is 19.1 Å². The Bertz CT molecular complexity index is 606. The van der Waals surface area contributed by atoms with E-state index in [1.54, 1.807) is 12.1 Å². The van der Waals surface area contributed by atoms with Crippen LogP contribution in [0.4, 0.5) is 0 Å². The summed E-state index contributed by atoms with van der Waals surface area (Å²) in [4.78, 5) is 0.262. The normalized spacial score (nSPS) is 31.9. The molecule has 0 spiro atoms. The molecule has 2 aliphatic carbocycles. The molecule has 0 radical (unpaired) electrons. The number of benzene rings is 1. The number of hydrogen-bond acceptors (Lipinski definition) is 3. The first-order valence-electron chi connectivity index (χ1n) is 8.32. The van der Waals surface area contributed by atoms with E-state index in [1.165, 1.54) is 25.7 Å². The molecule has 2 unspecified atom stereocenters. The van der Waals surface area contributed by atoms with Gasteiger partial charge in [-0.1, -0.05) is 43.9 Å². The van der Waals surface area contributed by atoms with Gasteiger partial charge in [0.15, 0.2) is 0 Å². The van der Waals surface area contributed by atoms with Crippen LogP contribution < -0.4 is 0 Å². The summed E-state index contributed by atoms with van der Waals surface area (Å²) in [5, 5.41) is 0. The first-order chi connectivity index (χ1) is 10.4. The van der Waals surface area contributed by atoms with Gasteiger partial charge in [0, 0.05) is 0 Å². The maximum atomic E-state index is 12.4. The monoisotopic (exact) mass is 322 g/mol. The lowest BCUT2D eigenvalue weighted by Gasteiger charge is -2.45. The van der Waals surface area contributed by atoms with Crippen LogP contribution in [0.3, 0.4) is 0 Å². The molecule has 0 heterocycles. The van der Waals surface area contributed by atoms with Crippen molar-refractivity contribution in [2.45, 2.75) is 57.3 Å². The summed E-state index contributed by atoms with van der Waals surface area (Å²) in [6, 6.07) is 6.87. The lowest BCUT2D eigenvalue weighted by Crippen LogP contribution is -2.37. The third-order valence-corrected chi connectivity index (χ3v) is 6.60. The standard InChI is InChI=1S/C18H26O3S/c1-14-6-8-17(9-7-14)22(19,20)21-13-18(2)11-15-4-3-5-16(10-15)12-18/h6-9,15-16H,3-5,10-13H2,1-2H3. The Morgan fingerprint density at radius 3 is 2.32 bits per heavy atom. The average molecular weight is 322 g/mol. The van der Waals surface area contributed by atoms with Crippen molar-refractivity contribution in [2.75, 3.05) is 6.61 Å². The van der Waals surface area contributed by atoms with Gasteiger partial charge in [-0.25, -0.2) is 0 Å². The van der Waals surface area contributed by atoms with Crippen molar-refractivity contribution in [1.82, 2.24) is 0 Å². The Labute approximate surface area is 134 Å². The molecule has 1 aromatic rings. The largest absolute Gasteiger partial charge is 0.296 e. The van der Waals surface area contributed by atoms with Gasteiger partial charge in [0.1, 0.15) is 0 Å². The van der Waals surface area contributed by atoms with E-state index in [-0.39, 0.29) is 10.3 Å². The van der Waals surface area contributed by atoms with Gasteiger partial charge in [-0.2, -0.15) is 8.42 Å². The molecule has 0 aromatic heterocycles. The quantitative estimate of drug-likeness (QED) is 0.776. The minimum absolute atomic E-state index is 0.00572. The zero-order valence-electron chi connectivity index (χ0n) is 13.5. The molecule has 122 valence electrons. The van der Waals surface area contributed by atoms with Gasteiger partial charge in [-0.15, -0.1) is 0 Å². The van der Waals surface area contributed by atoms with Crippen LogP contribution in [0.1, 0.15) is 51.0 Å². The fraction of sp³-hybridized carbons (Fsp3) is 0.667. The fourth-order valence-electron chi connectivity index (χ4n) is 4.36. The van der Waals surface area contributed by atoms with Gasteiger partial charge in [0.25, 0.3) is 10.1 Å². The van der Waals surface area contributed by atoms with Gasteiger partial charge in [-0.05, 0) is 55.6 Å². The van der Waals surface area contributed by atoms with E-state index in [4.69, 9.17) is 4.18 Å². The molecule has 0 amide bonds. The van der Waals surface area contributed by atoms with Gasteiger partial charge in [0.2, 0.25) is 0 Å². The molecule has 0 aliphatic heterocycles. The molecule has 22 heavy (non-hydrogen) atoms. The van der Waals surface area contributed by atoms with Crippen molar-refractivity contribution >= 4 is 10.1 Å². The molecule has 1 aromatic carbocycles. The summed E-state index contributed by atoms with van der Waals surface area (Å²) in [6.45, 7) is 4.46. The van der Waals surface area contributed by atoms with Crippen LogP contribution in [-0.2, 0) is 14.3 Å². The fourth-order valence-corrected chi connectivity index (χ4v) is 5.41. The summed E-state index contributed by atoms with van der Waals surface area (Å²) in [5.74, 6) is 1.53. The molecule has 0 saturated heterocycles. The van der Waals surface area contributed by atoms with Gasteiger partial charge < -0.3 is 0 Å². The summed E-state index contributed by atoms with van der Waals surface area (Å²) in [7, 11) is -3.64. The van der Waals surface area contributed by atoms with E-state index in [2.05, 4.69) is 6.92 Å². The Morgan fingerprint density at radius 1 is 1.14 bits per heavy atom. The molecule has 3 nitrogen and oxygen atoms in total. The van der Waals surface area contributed by atoms with Crippen molar-refractivity contribution in [3.8, 4) is 0 Å². The van der Waals surface area contributed by atoms with Gasteiger partial charge in [-0.3, -0.25) is 4.18 Å². The smallest absolute Gasteiger partial charge is 0.266 e. The Balaban J connectivity index is 1.67. The SMILES string of the molecule is Cc1ccc(S(=O)(=O)OCC2(C)CC3CCCC(C3)C2)cc1. The Kier molecular flexibility index (Phi) is 4.34. The molecule has 2 fully saturated rings. The highest BCUT2D eigenvalue weighted by atomic mass is 32.2. The first-order valence-corrected chi connectivity index (χ1v) is 9.73. The second-order valence-electron chi connectivity index (χ2n) is 7.65. The van der Waals surface area contributed by atoms with Crippen molar-refractivity contribution < 1.29 is 12.6 Å². The highest BCUT2D eigenvalue weighted by Crippen LogP contribution is 2.48. The molecule has 3 rings (SSSR count). The highest BCUT2D eigenvalue weighted by molar-refractivity contribution is 7.86. The average Bonchev–Trinajstić information content (AvgIpc) is 2.45. The summed E-state index contributed by atoms with van der Waals surface area (Å²) >= 11 is 0. The minimum Gasteiger partial charge on any atom is -0.266 e. The molecule has 2 atom stereocenters. The van der Waals surface area contributed by atoms with Gasteiger partial charge >= 0.3 is 0 Å². The second kappa shape index (κ2) is 5.97. The zero-order valence-corrected chi connectivity index (χ0v) is 14.4. The van der Waals surface area contributed by atoms with Crippen LogP contribution in [0.15, 0.2) is 29.2 Å². The molecular formula is C18H26O3S. The van der Waals surface area contributed by atoms with Crippen molar-refractivity contribution in [3.05, 3.63) is 29.8 Å². The van der Waals surface area contributed by atoms with E-state index in [0.717, 1.165) is 30.2 Å². The van der Waals surface area contributed by atoms with Crippen LogP contribution in [0.25, 0.3) is 0 Å². The summed E-state index contributed by atoms with van der Waals surface area (Å²) in [6.07, 6.45) is 7.49. The van der Waals surface area contributed by atoms with Crippen molar-refractivity contribution in [3.63, 3.8) is 0 Å². The molecule has 2 aliphatic rings. The van der Waals surface area contributed by atoms with Crippen molar-refractivity contribution in [1.29, 1.82) is 0 Å². The third-order valence-electron chi connectivity index (χ3n) is 5.33. The van der Waals surface area contributed by atoms with Crippen LogP contribution >= 0.6 is 0 Å². The summed E-state index contributed by atoms with van der Waals surface area (Å²) < 4.78 is 30.1. The molecule has 2 bridgehead atoms. The zero-order chi connectivity index (χ0) is 15.8. The van der Waals surface area contributed by atoms with Crippen LogP contribution in [0, 0.1) is 24.2 Å². The van der Waals surface area contributed by atoms with Crippen LogP contribution in [-0.4, -0.2) is 15.0 Å². The van der Waals surface area contributed by atoms with E-state index >= 15 is 0 Å². The van der Waals surface area contributed by atoms with Crippen LogP contribution in [0.2, 0.25) is 0 Å². The van der Waals surface area contributed by atoms with E-state index in [9.17, 15) is 8.42 Å². The molecule has 0 N–H and O–H groups in total. The minimum atomic E-state index is -3.64. The van der Waals surface area contributed by atoms with Crippen LogP contribution in [0.5, 0.6) is 0 Å². The van der Waals surface area contributed by atoms with Crippen molar-refractivity contribution in [2.24, 2.45) is 17.3 Å². The molecule has 4 heteroatoms. The lowest BCUT2D eigenvalue weighted by molar-refractivity contribution is 0.0317. The number of aryl methyl sites for hydroxylation is 1. The first kappa shape index (κ1) is 16.0. The number of hydrogen-bond donors (Lipinski definition) is 0. The van der Waals surface area contributed by atoms with E-state index < -0.39 is 10.1 Å². The number of fused-ring (bicyclic) bond motifs is 2. The maximum Gasteiger partial charge on any atom is 0.296 e. The Morgan fingerprint density at radius 2 is 1.73 bits per heavy atom. The topological polar surface area (TPSA) is 43.4 Å². The van der Waals surface area contributed by atoms with Gasteiger partial charge in [0.05, 0.1) is 11.5 Å². The molecule has 2 saturated carbocycles. The Hall–Kier alpha value is -0.870. The predicted molar refractivity (Wildman–Crippen MR) is 87.1 cm³/mol. The molecular weight excluding hydrogens is 296 g/mol. The van der Waals surface area contributed by atoms with E-state index in [0.29, 0.717) is 6.61 Å². The maximum absolute atomic E-state index is 12.4. The summed E-state index contributed by atoms with van der Waals surface area (Å²) in [5.41, 5.74) is 1.05. The highest BCUT2D eigenvalue weighted by Gasteiger charge is 2.40. The second-order valence-corrected chi connectivity index (χ2v) is 9.26.